The van der Waals surface area contributed by atoms with E-state index in [4.69, 9.17) is 4.74 Å². The number of urea groups is 1. The molecule has 3 amide bonds. The lowest BCUT2D eigenvalue weighted by atomic mass is 9.91. The molecule has 2 fully saturated rings. The van der Waals surface area contributed by atoms with E-state index >= 15 is 0 Å². The molecule has 0 radical (unpaired) electrons. The van der Waals surface area contributed by atoms with Crippen molar-refractivity contribution in [3.8, 4) is 0 Å². The van der Waals surface area contributed by atoms with Crippen molar-refractivity contribution in [2.75, 3.05) is 13.2 Å². The minimum atomic E-state index is -0.108. The fourth-order valence-corrected chi connectivity index (χ4v) is 2.92. The molecule has 6 nitrogen and oxygen atoms in total. The van der Waals surface area contributed by atoms with Gasteiger partial charge in [0.25, 0.3) is 0 Å². The van der Waals surface area contributed by atoms with Crippen LogP contribution in [0, 0.1) is 0 Å². The Labute approximate surface area is 120 Å². The zero-order valence-corrected chi connectivity index (χ0v) is 12.1. The Kier molecular flexibility index (Phi) is 5.64. The first-order valence-corrected chi connectivity index (χ1v) is 7.56. The van der Waals surface area contributed by atoms with Crippen LogP contribution in [-0.2, 0) is 9.53 Å². The molecule has 114 valence electrons. The second kappa shape index (κ2) is 7.47. The zero-order chi connectivity index (χ0) is 14.4. The fourth-order valence-electron chi connectivity index (χ4n) is 2.92. The average molecular weight is 283 g/mol. The monoisotopic (exact) mass is 283 g/mol. The summed E-state index contributed by atoms with van der Waals surface area (Å²) in [5.74, 6) is 0.0238. The highest BCUT2D eigenvalue weighted by Gasteiger charge is 2.23. The largest absolute Gasteiger partial charge is 0.376 e. The normalized spacial score (nSPS) is 29.8. The molecule has 6 heteroatoms. The second-order valence-corrected chi connectivity index (χ2v) is 5.74. The van der Waals surface area contributed by atoms with Gasteiger partial charge in [-0.15, -0.1) is 0 Å². The lowest BCUT2D eigenvalue weighted by molar-refractivity contribution is -0.119. The van der Waals surface area contributed by atoms with E-state index in [2.05, 4.69) is 16.0 Å². The number of hydrogen-bond donors (Lipinski definition) is 3. The van der Waals surface area contributed by atoms with E-state index in [0.29, 0.717) is 6.54 Å². The van der Waals surface area contributed by atoms with Gasteiger partial charge in [-0.2, -0.15) is 0 Å². The molecular weight excluding hydrogens is 258 g/mol. The predicted octanol–water partition coefficient (Wildman–Crippen LogP) is 0.912. The van der Waals surface area contributed by atoms with E-state index in [1.807, 2.05) is 0 Å². The van der Waals surface area contributed by atoms with Gasteiger partial charge in [-0.1, -0.05) is 0 Å². The molecule has 0 bridgehead atoms. The zero-order valence-electron chi connectivity index (χ0n) is 12.1. The summed E-state index contributed by atoms with van der Waals surface area (Å²) in [5.41, 5.74) is 0. The predicted molar refractivity (Wildman–Crippen MR) is 75.4 cm³/mol. The van der Waals surface area contributed by atoms with Crippen molar-refractivity contribution < 1.29 is 14.3 Å². The highest BCUT2D eigenvalue weighted by Crippen LogP contribution is 2.18. The second-order valence-electron chi connectivity index (χ2n) is 5.74. The van der Waals surface area contributed by atoms with Crippen molar-refractivity contribution in [2.24, 2.45) is 0 Å². The maximum atomic E-state index is 11.8. The molecule has 3 N–H and O–H groups in total. The standard InChI is InChI=1S/C14H25N3O3/c1-10(18)16-11-4-6-12(7-5-11)17-14(19)15-9-13-3-2-8-20-13/h11-13H,2-9H2,1H3,(H,16,18)(H2,15,17,19). The molecule has 0 aromatic heterocycles. The first-order valence-electron chi connectivity index (χ1n) is 7.56. The summed E-state index contributed by atoms with van der Waals surface area (Å²) in [6.07, 6.45) is 5.98. The van der Waals surface area contributed by atoms with E-state index in [-0.39, 0.29) is 30.1 Å². The van der Waals surface area contributed by atoms with Crippen LogP contribution in [0.4, 0.5) is 4.79 Å². The van der Waals surface area contributed by atoms with Crippen molar-refractivity contribution in [1.82, 2.24) is 16.0 Å². The van der Waals surface area contributed by atoms with Gasteiger partial charge in [0, 0.05) is 32.2 Å². The molecule has 1 atom stereocenters. The summed E-state index contributed by atoms with van der Waals surface area (Å²) in [6, 6.07) is 0.369. The van der Waals surface area contributed by atoms with Crippen LogP contribution in [0.5, 0.6) is 0 Å². The Balaban J connectivity index is 1.59. The highest BCUT2D eigenvalue weighted by atomic mass is 16.5. The van der Waals surface area contributed by atoms with Crippen LogP contribution in [0.3, 0.4) is 0 Å². The topological polar surface area (TPSA) is 79.5 Å². The summed E-state index contributed by atoms with van der Waals surface area (Å²) in [4.78, 5) is 22.8. The van der Waals surface area contributed by atoms with Crippen LogP contribution >= 0.6 is 0 Å². The third kappa shape index (κ3) is 5.00. The molecule has 2 rings (SSSR count). The maximum absolute atomic E-state index is 11.8. The summed E-state index contributed by atoms with van der Waals surface area (Å²) < 4.78 is 5.46. The number of amides is 3. The summed E-state index contributed by atoms with van der Waals surface area (Å²) in [7, 11) is 0. The van der Waals surface area contributed by atoms with E-state index in [0.717, 1.165) is 45.1 Å². The minimum Gasteiger partial charge on any atom is -0.376 e. The van der Waals surface area contributed by atoms with Gasteiger partial charge < -0.3 is 20.7 Å². The Morgan fingerprint density at radius 2 is 1.70 bits per heavy atom. The third-order valence-electron chi connectivity index (χ3n) is 3.98. The van der Waals surface area contributed by atoms with Gasteiger partial charge in [0.2, 0.25) is 5.91 Å². The molecule has 1 heterocycles. The molecular formula is C14H25N3O3. The minimum absolute atomic E-state index is 0.0238. The van der Waals surface area contributed by atoms with Gasteiger partial charge in [-0.05, 0) is 38.5 Å². The highest BCUT2D eigenvalue weighted by molar-refractivity contribution is 5.74. The van der Waals surface area contributed by atoms with E-state index in [1.54, 1.807) is 6.92 Å². The number of nitrogens with one attached hydrogen (secondary N) is 3. The molecule has 2 aliphatic rings. The number of carbonyl (C=O) groups excluding carboxylic acids is 2. The molecule has 0 spiro atoms. The lowest BCUT2D eigenvalue weighted by Crippen LogP contribution is -2.47. The summed E-state index contributed by atoms with van der Waals surface area (Å²) >= 11 is 0. The molecule has 1 aliphatic heterocycles. The van der Waals surface area contributed by atoms with Gasteiger partial charge in [-0.25, -0.2) is 4.79 Å². The van der Waals surface area contributed by atoms with Crippen molar-refractivity contribution in [3.63, 3.8) is 0 Å². The number of carbonyl (C=O) groups is 2. The fraction of sp³-hybridized carbons (Fsp3) is 0.857. The van der Waals surface area contributed by atoms with E-state index in [1.165, 1.54) is 0 Å². The molecule has 1 unspecified atom stereocenters. The van der Waals surface area contributed by atoms with Gasteiger partial charge in [0.05, 0.1) is 6.10 Å². The van der Waals surface area contributed by atoms with Crippen molar-refractivity contribution >= 4 is 11.9 Å². The SMILES string of the molecule is CC(=O)NC1CCC(NC(=O)NCC2CCCO2)CC1. The van der Waals surface area contributed by atoms with Crippen LogP contribution in [0.15, 0.2) is 0 Å². The number of rotatable bonds is 4. The first-order chi connectivity index (χ1) is 9.63. The molecule has 0 aromatic rings. The smallest absolute Gasteiger partial charge is 0.315 e. The number of hydrogen-bond acceptors (Lipinski definition) is 3. The van der Waals surface area contributed by atoms with Crippen LogP contribution in [0.25, 0.3) is 0 Å². The van der Waals surface area contributed by atoms with Crippen molar-refractivity contribution in [1.29, 1.82) is 0 Å². The Morgan fingerprint density at radius 1 is 1.05 bits per heavy atom. The maximum Gasteiger partial charge on any atom is 0.315 e. The first kappa shape index (κ1) is 15.1. The Hall–Kier alpha value is -1.30. The molecule has 1 saturated heterocycles. The molecule has 0 aromatic carbocycles. The van der Waals surface area contributed by atoms with Gasteiger partial charge in [0.1, 0.15) is 0 Å². The summed E-state index contributed by atoms with van der Waals surface area (Å²) in [6.45, 7) is 2.94. The molecule has 1 saturated carbocycles. The van der Waals surface area contributed by atoms with Crippen LogP contribution < -0.4 is 16.0 Å². The van der Waals surface area contributed by atoms with Crippen LogP contribution in [-0.4, -0.2) is 43.3 Å². The number of ether oxygens (including phenoxy) is 1. The lowest BCUT2D eigenvalue weighted by Gasteiger charge is -2.29. The third-order valence-corrected chi connectivity index (χ3v) is 3.98. The molecule has 1 aliphatic carbocycles. The Bertz CT molecular complexity index is 335. The summed E-state index contributed by atoms with van der Waals surface area (Å²) in [5, 5.41) is 8.80. The Morgan fingerprint density at radius 3 is 2.25 bits per heavy atom. The van der Waals surface area contributed by atoms with E-state index < -0.39 is 0 Å². The van der Waals surface area contributed by atoms with Crippen molar-refractivity contribution in [3.05, 3.63) is 0 Å². The van der Waals surface area contributed by atoms with Crippen molar-refractivity contribution in [2.45, 2.75) is 63.6 Å². The van der Waals surface area contributed by atoms with Gasteiger partial charge >= 0.3 is 6.03 Å². The van der Waals surface area contributed by atoms with E-state index in [9.17, 15) is 9.59 Å². The average Bonchev–Trinajstić information content (AvgIpc) is 2.91. The van der Waals surface area contributed by atoms with Crippen LogP contribution in [0.2, 0.25) is 0 Å². The quantitative estimate of drug-likeness (QED) is 0.717. The van der Waals surface area contributed by atoms with Gasteiger partial charge in [-0.3, -0.25) is 4.79 Å². The van der Waals surface area contributed by atoms with Crippen LogP contribution in [0.1, 0.15) is 45.4 Å². The molecule has 20 heavy (non-hydrogen) atoms. The van der Waals surface area contributed by atoms with Gasteiger partial charge in [0.15, 0.2) is 0 Å².